The number of rotatable bonds is 4. The Morgan fingerprint density at radius 1 is 1.08 bits per heavy atom. The van der Waals surface area contributed by atoms with Crippen LogP contribution in [0, 0.1) is 5.92 Å². The molecule has 0 heterocycles. The summed E-state index contributed by atoms with van der Waals surface area (Å²) < 4.78 is 0. The molecule has 0 rings (SSSR count). The molecule has 2 N–H and O–H groups in total. The van der Waals surface area contributed by atoms with Crippen molar-refractivity contribution < 1.29 is 9.59 Å². The van der Waals surface area contributed by atoms with E-state index in [0.29, 0.717) is 13.1 Å². The third kappa shape index (κ3) is 3.37. The molecule has 0 atom stereocenters. The molecule has 0 aliphatic heterocycles. The summed E-state index contributed by atoms with van der Waals surface area (Å²) >= 11 is 0. The number of amides is 2. The van der Waals surface area contributed by atoms with Crippen molar-refractivity contribution in [3.63, 3.8) is 0 Å². The Balaban J connectivity index is 3.91. The second-order valence-electron chi connectivity index (χ2n) is 2.51. The van der Waals surface area contributed by atoms with Gasteiger partial charge in [0.2, 0.25) is 11.8 Å². The molecule has 0 unspecified atom stereocenters. The van der Waals surface area contributed by atoms with Crippen LogP contribution in [0.4, 0.5) is 0 Å². The Morgan fingerprint density at radius 2 is 1.42 bits per heavy atom. The predicted octanol–water partition coefficient (Wildman–Crippen LogP) is -0.105. The molecule has 70 valence electrons. The van der Waals surface area contributed by atoms with Gasteiger partial charge >= 0.3 is 0 Å². The molecule has 0 radical (unpaired) electrons. The minimum Gasteiger partial charge on any atom is -0.356 e. The van der Waals surface area contributed by atoms with Crippen molar-refractivity contribution in [3.8, 4) is 0 Å². The predicted molar refractivity (Wildman–Crippen MR) is 46.5 cm³/mol. The summed E-state index contributed by atoms with van der Waals surface area (Å²) in [6, 6.07) is 0. The van der Waals surface area contributed by atoms with Gasteiger partial charge in [0, 0.05) is 13.1 Å². The largest absolute Gasteiger partial charge is 0.356 e. The smallest absolute Gasteiger partial charge is 0.232 e. The molecule has 0 fully saturated rings. The van der Waals surface area contributed by atoms with Crippen LogP contribution in [-0.2, 0) is 9.59 Å². The first-order valence-corrected chi connectivity index (χ1v) is 4.18. The van der Waals surface area contributed by atoms with Gasteiger partial charge in [0.15, 0.2) is 0 Å². The van der Waals surface area contributed by atoms with Crippen LogP contribution in [0.2, 0.25) is 0 Å². The maximum Gasteiger partial charge on any atom is 0.232 e. The maximum atomic E-state index is 11.1. The molecule has 4 nitrogen and oxygen atoms in total. The monoisotopic (exact) mass is 172 g/mol. The van der Waals surface area contributed by atoms with Crippen LogP contribution in [0.25, 0.3) is 0 Å². The topological polar surface area (TPSA) is 58.2 Å². The van der Waals surface area contributed by atoms with E-state index in [1.54, 1.807) is 6.92 Å². The number of hydrogen-bond donors (Lipinski definition) is 2. The van der Waals surface area contributed by atoms with Crippen LogP contribution in [0.3, 0.4) is 0 Å². The van der Waals surface area contributed by atoms with Crippen molar-refractivity contribution in [1.29, 1.82) is 0 Å². The van der Waals surface area contributed by atoms with E-state index in [0.717, 1.165) is 0 Å². The van der Waals surface area contributed by atoms with Crippen LogP contribution in [0.1, 0.15) is 20.8 Å². The molecule has 0 spiro atoms. The molecule has 0 saturated carbocycles. The fraction of sp³-hybridized carbons (Fsp3) is 0.750. The highest BCUT2D eigenvalue weighted by Gasteiger charge is 2.19. The van der Waals surface area contributed by atoms with Gasteiger partial charge in [-0.1, -0.05) is 0 Å². The van der Waals surface area contributed by atoms with E-state index >= 15 is 0 Å². The second kappa shape index (κ2) is 5.57. The zero-order valence-electron chi connectivity index (χ0n) is 7.81. The average molecular weight is 172 g/mol. The summed E-state index contributed by atoms with van der Waals surface area (Å²) in [4.78, 5) is 22.2. The highest BCUT2D eigenvalue weighted by Crippen LogP contribution is 1.93. The zero-order valence-corrected chi connectivity index (χ0v) is 7.81. The summed E-state index contributed by atoms with van der Waals surface area (Å²) in [6.07, 6.45) is 0. The van der Waals surface area contributed by atoms with Crippen LogP contribution >= 0.6 is 0 Å². The fourth-order valence-corrected chi connectivity index (χ4v) is 0.774. The summed E-state index contributed by atoms with van der Waals surface area (Å²) in [5.41, 5.74) is 0. The molecule has 0 aliphatic rings. The Kier molecular flexibility index (Phi) is 5.08. The van der Waals surface area contributed by atoms with Gasteiger partial charge in [-0.3, -0.25) is 9.59 Å². The molecule has 0 aliphatic carbocycles. The van der Waals surface area contributed by atoms with Crippen molar-refractivity contribution in [2.75, 3.05) is 13.1 Å². The van der Waals surface area contributed by atoms with Gasteiger partial charge in [-0.05, 0) is 20.8 Å². The lowest BCUT2D eigenvalue weighted by atomic mass is 10.1. The van der Waals surface area contributed by atoms with E-state index in [9.17, 15) is 9.59 Å². The molecule has 2 amide bonds. The van der Waals surface area contributed by atoms with Crippen molar-refractivity contribution in [1.82, 2.24) is 10.6 Å². The van der Waals surface area contributed by atoms with Crippen LogP contribution in [0.15, 0.2) is 0 Å². The van der Waals surface area contributed by atoms with Crippen molar-refractivity contribution in [3.05, 3.63) is 0 Å². The Morgan fingerprint density at radius 3 is 1.67 bits per heavy atom. The van der Waals surface area contributed by atoms with Gasteiger partial charge in [-0.2, -0.15) is 0 Å². The van der Waals surface area contributed by atoms with E-state index in [4.69, 9.17) is 0 Å². The summed E-state index contributed by atoms with van der Waals surface area (Å²) in [7, 11) is 0. The first-order chi connectivity index (χ1) is 5.63. The molecule has 4 heteroatoms. The Labute approximate surface area is 72.7 Å². The third-order valence-electron chi connectivity index (χ3n) is 1.49. The Bertz CT molecular complexity index is 150. The van der Waals surface area contributed by atoms with E-state index in [1.807, 2.05) is 13.8 Å². The molecular formula is C8H16N2O2. The normalized spacial score (nSPS) is 9.67. The SMILES string of the molecule is CCNC(=O)C(C)C(=O)NCC. The van der Waals surface area contributed by atoms with Crippen LogP contribution in [-0.4, -0.2) is 24.9 Å². The molecular weight excluding hydrogens is 156 g/mol. The quantitative estimate of drug-likeness (QED) is 0.581. The van der Waals surface area contributed by atoms with Crippen LogP contribution < -0.4 is 10.6 Å². The average Bonchev–Trinajstić information content (AvgIpc) is 2.04. The summed E-state index contributed by atoms with van der Waals surface area (Å²) in [6.45, 7) is 6.35. The van der Waals surface area contributed by atoms with Gasteiger partial charge in [-0.15, -0.1) is 0 Å². The summed E-state index contributed by atoms with van der Waals surface area (Å²) in [5.74, 6) is -1.03. The van der Waals surface area contributed by atoms with Gasteiger partial charge in [0.25, 0.3) is 0 Å². The first-order valence-electron chi connectivity index (χ1n) is 4.18. The van der Waals surface area contributed by atoms with E-state index in [-0.39, 0.29) is 11.8 Å². The highest BCUT2D eigenvalue weighted by molar-refractivity contribution is 5.99. The molecule has 0 aromatic carbocycles. The number of carbonyl (C=O) groups excluding carboxylic acids is 2. The highest BCUT2D eigenvalue weighted by atomic mass is 16.2. The van der Waals surface area contributed by atoms with Gasteiger partial charge < -0.3 is 10.6 Å². The van der Waals surface area contributed by atoms with Crippen molar-refractivity contribution in [2.24, 2.45) is 5.92 Å². The summed E-state index contributed by atoms with van der Waals surface area (Å²) in [5, 5.41) is 5.17. The minimum atomic E-state index is -0.593. The fourth-order valence-electron chi connectivity index (χ4n) is 0.774. The van der Waals surface area contributed by atoms with E-state index in [2.05, 4.69) is 10.6 Å². The zero-order chi connectivity index (χ0) is 9.56. The lowest BCUT2D eigenvalue weighted by Gasteiger charge is -2.09. The molecule has 0 aromatic heterocycles. The van der Waals surface area contributed by atoms with Crippen LogP contribution in [0.5, 0.6) is 0 Å². The van der Waals surface area contributed by atoms with E-state index in [1.165, 1.54) is 0 Å². The maximum absolute atomic E-state index is 11.1. The number of nitrogens with one attached hydrogen (secondary N) is 2. The Hall–Kier alpha value is -1.06. The first kappa shape index (κ1) is 10.9. The second-order valence-corrected chi connectivity index (χ2v) is 2.51. The van der Waals surface area contributed by atoms with Gasteiger partial charge in [-0.25, -0.2) is 0 Å². The standard InChI is InChI=1S/C8H16N2O2/c1-4-9-7(11)6(3)8(12)10-5-2/h6H,4-5H2,1-3H3,(H,9,11)(H,10,12). The molecule has 0 bridgehead atoms. The lowest BCUT2D eigenvalue weighted by molar-refractivity contribution is -0.134. The van der Waals surface area contributed by atoms with Gasteiger partial charge in [0.1, 0.15) is 5.92 Å². The van der Waals surface area contributed by atoms with E-state index < -0.39 is 5.92 Å². The minimum absolute atomic E-state index is 0.219. The lowest BCUT2D eigenvalue weighted by Crippen LogP contribution is -2.39. The number of carbonyl (C=O) groups is 2. The molecule has 0 aromatic rings. The van der Waals surface area contributed by atoms with Gasteiger partial charge in [0.05, 0.1) is 0 Å². The van der Waals surface area contributed by atoms with Crippen molar-refractivity contribution in [2.45, 2.75) is 20.8 Å². The number of hydrogen-bond acceptors (Lipinski definition) is 2. The third-order valence-corrected chi connectivity index (χ3v) is 1.49. The molecule has 0 saturated heterocycles. The molecule has 12 heavy (non-hydrogen) atoms. The van der Waals surface area contributed by atoms with Crippen molar-refractivity contribution >= 4 is 11.8 Å².